The third-order valence-electron chi connectivity index (χ3n) is 2.26. The summed E-state index contributed by atoms with van der Waals surface area (Å²) in [4.78, 5) is 17.1. The first-order chi connectivity index (χ1) is 8.70. The van der Waals surface area contributed by atoms with Crippen molar-refractivity contribution in [3.05, 3.63) is 35.0 Å². The number of benzene rings is 1. The third-order valence-corrected chi connectivity index (χ3v) is 3.36. The third kappa shape index (κ3) is 3.04. The van der Waals surface area contributed by atoms with Crippen LogP contribution in [0.15, 0.2) is 24.3 Å². The second kappa shape index (κ2) is 5.90. The second-order valence-corrected chi connectivity index (χ2v) is 4.65. The van der Waals surface area contributed by atoms with Gasteiger partial charge in [-0.1, -0.05) is 6.07 Å². The number of hydrogen-bond acceptors (Lipinski definition) is 4. The summed E-state index contributed by atoms with van der Waals surface area (Å²) < 4.78 is 18.5. The van der Waals surface area contributed by atoms with Crippen LogP contribution in [-0.2, 0) is 9.57 Å². The largest absolute Gasteiger partial charge is 0.382 e. The van der Waals surface area contributed by atoms with E-state index in [-0.39, 0.29) is 18.3 Å². The number of rotatable bonds is 5. The van der Waals surface area contributed by atoms with E-state index in [1.54, 1.807) is 19.2 Å². The quantitative estimate of drug-likeness (QED) is 0.669. The van der Waals surface area contributed by atoms with Crippen molar-refractivity contribution in [2.75, 3.05) is 20.3 Å². The van der Waals surface area contributed by atoms with Crippen molar-refractivity contribution in [3.8, 4) is 0 Å². The zero-order chi connectivity index (χ0) is 13.0. The molecular weight excluding hydrogens is 257 g/mol. The van der Waals surface area contributed by atoms with Crippen molar-refractivity contribution < 1.29 is 18.8 Å². The molecule has 1 N–H and O–H groups in total. The lowest BCUT2D eigenvalue weighted by molar-refractivity contribution is 0.00915. The van der Waals surface area contributed by atoms with Crippen LogP contribution in [0, 0.1) is 5.82 Å². The Morgan fingerprint density at radius 2 is 2.22 bits per heavy atom. The van der Waals surface area contributed by atoms with Crippen LogP contribution < -0.4 is 5.48 Å². The molecule has 18 heavy (non-hydrogen) atoms. The van der Waals surface area contributed by atoms with E-state index in [0.29, 0.717) is 11.5 Å². The highest BCUT2D eigenvalue weighted by Gasteiger charge is 2.10. The Hall–Kier alpha value is -1.50. The van der Waals surface area contributed by atoms with Gasteiger partial charge in [-0.25, -0.2) is 9.87 Å². The normalized spacial score (nSPS) is 10.8. The summed E-state index contributed by atoms with van der Waals surface area (Å²) in [5.41, 5.74) is 2.31. The van der Waals surface area contributed by atoms with E-state index < -0.39 is 0 Å². The number of hydroxylamine groups is 1. The molecule has 0 atom stereocenters. The molecule has 0 radical (unpaired) electrons. The lowest BCUT2D eigenvalue weighted by Gasteiger charge is -2.02. The zero-order valence-corrected chi connectivity index (χ0v) is 10.6. The molecule has 2 aromatic rings. The van der Waals surface area contributed by atoms with Gasteiger partial charge in [0, 0.05) is 11.8 Å². The molecule has 4 nitrogen and oxygen atoms in total. The van der Waals surface area contributed by atoms with Gasteiger partial charge in [0.25, 0.3) is 5.91 Å². The van der Waals surface area contributed by atoms with Gasteiger partial charge >= 0.3 is 0 Å². The molecule has 1 heterocycles. The number of halogens is 1. The van der Waals surface area contributed by atoms with Gasteiger partial charge in [0.1, 0.15) is 5.82 Å². The van der Waals surface area contributed by atoms with E-state index in [4.69, 9.17) is 9.57 Å². The standard InChI is InChI=1S/C12H12FNO3S/c1-16-4-5-17-14-12(15)11-6-8-2-3-9(13)7-10(8)18-11/h2-3,6-7H,4-5H2,1H3,(H,14,15). The van der Waals surface area contributed by atoms with Gasteiger partial charge in [-0.05, 0) is 23.6 Å². The predicted octanol–water partition coefficient (Wildman–Crippen LogP) is 2.35. The number of hydrogen-bond donors (Lipinski definition) is 1. The number of ether oxygens (including phenoxy) is 1. The molecular formula is C12H12FNO3S. The zero-order valence-electron chi connectivity index (χ0n) is 9.73. The molecule has 0 unspecified atom stereocenters. The molecule has 6 heteroatoms. The van der Waals surface area contributed by atoms with E-state index in [0.717, 1.165) is 10.1 Å². The smallest absolute Gasteiger partial charge is 0.284 e. The summed E-state index contributed by atoms with van der Waals surface area (Å²) in [6, 6.07) is 6.12. The Labute approximate surface area is 107 Å². The van der Waals surface area contributed by atoms with E-state index in [2.05, 4.69) is 5.48 Å². The molecule has 1 aromatic heterocycles. The minimum absolute atomic E-state index is 0.280. The molecule has 0 aliphatic carbocycles. The van der Waals surface area contributed by atoms with Crippen LogP contribution in [0.2, 0.25) is 0 Å². The fourth-order valence-corrected chi connectivity index (χ4v) is 2.38. The Morgan fingerprint density at radius 3 is 3.00 bits per heavy atom. The Morgan fingerprint density at radius 1 is 1.39 bits per heavy atom. The van der Waals surface area contributed by atoms with E-state index in [1.807, 2.05) is 0 Å². The van der Waals surface area contributed by atoms with Crippen LogP contribution >= 0.6 is 11.3 Å². The maximum Gasteiger partial charge on any atom is 0.284 e. The fraction of sp³-hybridized carbons (Fsp3) is 0.250. The van der Waals surface area contributed by atoms with Crippen LogP contribution in [0.5, 0.6) is 0 Å². The fourth-order valence-electron chi connectivity index (χ4n) is 1.41. The predicted molar refractivity (Wildman–Crippen MR) is 67.1 cm³/mol. The SMILES string of the molecule is COCCONC(=O)c1cc2ccc(F)cc2s1. The number of thiophene rings is 1. The first-order valence-electron chi connectivity index (χ1n) is 5.31. The van der Waals surface area contributed by atoms with Crippen LogP contribution in [0.1, 0.15) is 9.67 Å². The minimum atomic E-state index is -0.340. The van der Waals surface area contributed by atoms with Crippen molar-refractivity contribution in [2.45, 2.75) is 0 Å². The van der Waals surface area contributed by atoms with E-state index in [1.165, 1.54) is 23.5 Å². The second-order valence-electron chi connectivity index (χ2n) is 3.57. The van der Waals surface area contributed by atoms with Crippen molar-refractivity contribution in [1.29, 1.82) is 0 Å². The molecule has 0 saturated heterocycles. The summed E-state index contributed by atoms with van der Waals surface area (Å²) in [6.45, 7) is 0.680. The number of fused-ring (bicyclic) bond motifs is 1. The molecule has 1 amide bonds. The highest BCUT2D eigenvalue weighted by molar-refractivity contribution is 7.20. The number of methoxy groups -OCH3 is 1. The summed E-state index contributed by atoms with van der Waals surface area (Å²) in [5, 5.41) is 0.837. The van der Waals surface area contributed by atoms with Crippen LogP contribution in [0.3, 0.4) is 0 Å². The summed E-state index contributed by atoms with van der Waals surface area (Å²) in [6.07, 6.45) is 0. The minimum Gasteiger partial charge on any atom is -0.382 e. The summed E-state index contributed by atoms with van der Waals surface area (Å²) in [5.74, 6) is -0.652. The summed E-state index contributed by atoms with van der Waals surface area (Å²) >= 11 is 1.22. The van der Waals surface area contributed by atoms with Crippen molar-refractivity contribution in [1.82, 2.24) is 5.48 Å². The van der Waals surface area contributed by atoms with E-state index in [9.17, 15) is 9.18 Å². The average molecular weight is 269 g/mol. The van der Waals surface area contributed by atoms with Gasteiger partial charge in [-0.15, -0.1) is 11.3 Å². The van der Waals surface area contributed by atoms with Crippen LogP contribution in [0.4, 0.5) is 4.39 Å². The van der Waals surface area contributed by atoms with Crippen molar-refractivity contribution in [2.24, 2.45) is 0 Å². The topological polar surface area (TPSA) is 47.6 Å². The average Bonchev–Trinajstić information content (AvgIpc) is 2.77. The van der Waals surface area contributed by atoms with Crippen molar-refractivity contribution in [3.63, 3.8) is 0 Å². The molecule has 0 aliphatic rings. The molecule has 2 rings (SSSR count). The Kier molecular flexibility index (Phi) is 4.24. The van der Waals surface area contributed by atoms with Gasteiger partial charge in [-0.3, -0.25) is 9.63 Å². The highest BCUT2D eigenvalue weighted by Crippen LogP contribution is 2.26. The molecule has 0 fully saturated rings. The number of carbonyl (C=O) groups is 1. The maximum absolute atomic E-state index is 13.0. The summed E-state index contributed by atoms with van der Waals surface area (Å²) in [7, 11) is 1.55. The molecule has 0 spiro atoms. The monoisotopic (exact) mass is 269 g/mol. The lowest BCUT2D eigenvalue weighted by atomic mass is 10.2. The molecule has 0 aliphatic heterocycles. The maximum atomic E-state index is 13.0. The molecule has 0 bridgehead atoms. The highest BCUT2D eigenvalue weighted by atomic mass is 32.1. The van der Waals surface area contributed by atoms with Crippen molar-refractivity contribution >= 4 is 27.3 Å². The first kappa shape index (κ1) is 12.9. The molecule has 0 saturated carbocycles. The van der Waals surface area contributed by atoms with Gasteiger partial charge in [-0.2, -0.15) is 0 Å². The van der Waals surface area contributed by atoms with Gasteiger partial charge in [0.05, 0.1) is 18.1 Å². The van der Waals surface area contributed by atoms with Gasteiger partial charge < -0.3 is 4.74 Å². The lowest BCUT2D eigenvalue weighted by Crippen LogP contribution is -2.24. The number of nitrogens with one attached hydrogen (secondary N) is 1. The Balaban J connectivity index is 2.04. The molecule has 1 aromatic carbocycles. The van der Waals surface area contributed by atoms with Crippen LogP contribution in [0.25, 0.3) is 10.1 Å². The van der Waals surface area contributed by atoms with Gasteiger partial charge in [0.15, 0.2) is 0 Å². The number of amides is 1. The van der Waals surface area contributed by atoms with Gasteiger partial charge in [0.2, 0.25) is 0 Å². The molecule has 96 valence electrons. The Bertz CT molecular complexity index is 555. The van der Waals surface area contributed by atoms with E-state index >= 15 is 0 Å². The van der Waals surface area contributed by atoms with Crippen LogP contribution in [-0.4, -0.2) is 26.2 Å². The first-order valence-corrected chi connectivity index (χ1v) is 6.12. The number of carbonyl (C=O) groups excluding carboxylic acids is 1.